The van der Waals surface area contributed by atoms with Crippen molar-refractivity contribution in [1.82, 2.24) is 4.90 Å². The molecule has 0 N–H and O–H groups in total. The van der Waals surface area contributed by atoms with Gasteiger partial charge >= 0.3 is 0 Å². The monoisotopic (exact) mass is 545 g/mol. The number of ketones is 1. The Labute approximate surface area is 220 Å². The van der Waals surface area contributed by atoms with Gasteiger partial charge in [-0.15, -0.1) is 0 Å². The minimum absolute atomic E-state index is 0.0297. The zero-order valence-electron chi connectivity index (χ0n) is 21.1. The number of hydrogen-bond acceptors (Lipinski definition) is 5. The van der Waals surface area contributed by atoms with E-state index >= 15 is 0 Å². The van der Waals surface area contributed by atoms with Crippen molar-refractivity contribution in [3.63, 3.8) is 0 Å². The first-order valence-electron chi connectivity index (χ1n) is 11.8. The lowest BCUT2D eigenvalue weighted by atomic mass is 9.68. The summed E-state index contributed by atoms with van der Waals surface area (Å²) in [5.41, 5.74) is 3.60. The second-order valence-corrected chi connectivity index (χ2v) is 11.1. The van der Waals surface area contributed by atoms with Crippen molar-refractivity contribution in [2.24, 2.45) is 5.41 Å². The van der Waals surface area contributed by atoms with Crippen LogP contribution in [-0.4, -0.2) is 22.5 Å². The first-order chi connectivity index (χ1) is 16.9. The number of carbonyl (C=O) groups is 3. The number of amides is 2. The van der Waals surface area contributed by atoms with Gasteiger partial charge < -0.3 is 0 Å². The highest BCUT2D eigenvalue weighted by Crippen LogP contribution is 2.51. The summed E-state index contributed by atoms with van der Waals surface area (Å²) in [6, 6.07) is 17.4. The van der Waals surface area contributed by atoms with Gasteiger partial charge in [0.1, 0.15) is 5.82 Å². The molecule has 1 aliphatic heterocycles. The first-order valence-corrected chi connectivity index (χ1v) is 12.6. The molecule has 0 bridgehead atoms. The number of rotatable bonds is 3. The Hall–Kier alpha value is -3.50. The van der Waals surface area contributed by atoms with E-state index in [-0.39, 0.29) is 22.6 Å². The number of hydrogen-bond donors (Lipinski definition) is 0. The quantitative estimate of drug-likeness (QED) is 0.463. The van der Waals surface area contributed by atoms with Crippen LogP contribution in [0.1, 0.15) is 57.6 Å². The van der Waals surface area contributed by atoms with Gasteiger partial charge in [0.05, 0.1) is 17.6 Å². The van der Waals surface area contributed by atoms with E-state index in [0.717, 1.165) is 20.5 Å². The molecule has 0 saturated heterocycles. The molecule has 1 aliphatic carbocycles. The Kier molecular flexibility index (Phi) is 6.76. The molecule has 7 heteroatoms. The van der Waals surface area contributed by atoms with E-state index in [9.17, 15) is 19.6 Å². The van der Waals surface area contributed by atoms with Crippen molar-refractivity contribution < 1.29 is 14.4 Å². The molecule has 0 aromatic heterocycles. The van der Waals surface area contributed by atoms with E-state index in [1.165, 1.54) is 13.8 Å². The normalized spacial score (nSPS) is 19.1. The number of nitrogens with zero attached hydrogens (tertiary/aromatic N) is 3. The van der Waals surface area contributed by atoms with Gasteiger partial charge in [0, 0.05) is 41.7 Å². The van der Waals surface area contributed by atoms with Crippen molar-refractivity contribution in [1.29, 1.82) is 5.26 Å². The molecule has 2 aromatic carbocycles. The number of imide groups is 1. The molecular weight excluding hydrogens is 518 g/mol. The highest BCUT2D eigenvalue weighted by Gasteiger charge is 2.47. The second-order valence-electron chi connectivity index (χ2n) is 10.2. The number of nitriles is 1. The lowest BCUT2D eigenvalue weighted by molar-refractivity contribution is -0.139. The minimum Gasteiger partial charge on any atom is -0.298 e. The van der Waals surface area contributed by atoms with Crippen LogP contribution in [-0.2, 0) is 14.4 Å². The fourth-order valence-electron chi connectivity index (χ4n) is 5.17. The third-order valence-electron chi connectivity index (χ3n) is 6.65. The molecule has 36 heavy (non-hydrogen) atoms. The van der Waals surface area contributed by atoms with E-state index in [0.29, 0.717) is 29.8 Å². The van der Waals surface area contributed by atoms with Crippen molar-refractivity contribution in [3.8, 4) is 6.07 Å². The number of anilines is 1. The molecule has 1 atom stereocenters. The summed E-state index contributed by atoms with van der Waals surface area (Å²) in [6.45, 7) is 8.66. The van der Waals surface area contributed by atoms with Crippen LogP contribution >= 0.6 is 15.9 Å². The molecule has 4 rings (SSSR count). The topological polar surface area (TPSA) is 81.5 Å². The van der Waals surface area contributed by atoms with Crippen LogP contribution in [0, 0.1) is 23.7 Å². The summed E-state index contributed by atoms with van der Waals surface area (Å²) in [7, 11) is 0. The van der Waals surface area contributed by atoms with Crippen LogP contribution in [0.4, 0.5) is 5.69 Å². The van der Waals surface area contributed by atoms with E-state index in [4.69, 9.17) is 0 Å². The van der Waals surface area contributed by atoms with Crippen molar-refractivity contribution >= 4 is 39.2 Å². The third-order valence-corrected chi connectivity index (χ3v) is 7.18. The largest absolute Gasteiger partial charge is 0.298 e. The van der Waals surface area contributed by atoms with Crippen LogP contribution in [0.25, 0.3) is 0 Å². The van der Waals surface area contributed by atoms with Gasteiger partial charge in [-0.1, -0.05) is 59.6 Å². The molecule has 0 saturated carbocycles. The Morgan fingerprint density at radius 1 is 1.03 bits per heavy atom. The highest BCUT2D eigenvalue weighted by atomic mass is 79.9. The number of carbonyl (C=O) groups excluding carboxylic acids is 3. The fourth-order valence-corrected chi connectivity index (χ4v) is 5.43. The summed E-state index contributed by atoms with van der Waals surface area (Å²) in [5, 5.41) is 10.5. The predicted octanol–water partition coefficient (Wildman–Crippen LogP) is 6.13. The molecule has 0 radical (unpaired) electrons. The maximum absolute atomic E-state index is 13.8. The predicted molar refractivity (Wildman–Crippen MR) is 141 cm³/mol. The Morgan fingerprint density at radius 3 is 2.14 bits per heavy atom. The molecule has 184 valence electrons. The fraction of sp³-hybridized carbons (Fsp3) is 0.310. The third kappa shape index (κ3) is 4.54. The van der Waals surface area contributed by atoms with Gasteiger partial charge in [-0.2, -0.15) is 5.26 Å². The van der Waals surface area contributed by atoms with Crippen molar-refractivity contribution in [2.45, 2.75) is 53.4 Å². The van der Waals surface area contributed by atoms with Crippen molar-refractivity contribution in [3.05, 3.63) is 86.8 Å². The zero-order chi connectivity index (χ0) is 26.4. The summed E-state index contributed by atoms with van der Waals surface area (Å²) < 4.78 is 0.857. The Balaban J connectivity index is 2.13. The Bertz CT molecular complexity index is 1350. The zero-order valence-corrected chi connectivity index (χ0v) is 22.6. The van der Waals surface area contributed by atoms with Crippen LogP contribution in [0.2, 0.25) is 0 Å². The number of benzene rings is 2. The first kappa shape index (κ1) is 25.6. The van der Waals surface area contributed by atoms with Crippen LogP contribution < -0.4 is 4.90 Å². The van der Waals surface area contributed by atoms with Gasteiger partial charge in [0.2, 0.25) is 11.8 Å². The summed E-state index contributed by atoms with van der Waals surface area (Å²) >= 11 is 3.46. The van der Waals surface area contributed by atoms with Gasteiger partial charge in [-0.25, -0.2) is 4.90 Å². The van der Waals surface area contributed by atoms with Crippen molar-refractivity contribution in [2.75, 3.05) is 4.90 Å². The van der Waals surface area contributed by atoms with Crippen LogP contribution in [0.5, 0.6) is 0 Å². The standard InChI is InChI=1S/C29H28BrN3O3/c1-17-6-8-20(9-7-17)26-23(16-31)28(32(18(2)34)19(3)35)33(22-12-10-21(30)11-13-22)24-14-29(4,5)15-25(36)27(24)26/h6-13,26H,14-15H2,1-5H3. The van der Waals surface area contributed by atoms with Gasteiger partial charge in [0.15, 0.2) is 5.78 Å². The molecule has 1 unspecified atom stereocenters. The number of halogens is 1. The minimum atomic E-state index is -0.683. The average molecular weight is 546 g/mol. The summed E-state index contributed by atoms with van der Waals surface area (Å²) in [6.07, 6.45) is 0.887. The van der Waals surface area contributed by atoms with E-state index in [2.05, 4.69) is 22.0 Å². The molecule has 2 amide bonds. The van der Waals surface area contributed by atoms with Gasteiger partial charge in [0.25, 0.3) is 0 Å². The second kappa shape index (κ2) is 9.51. The number of Topliss-reactive ketones (excluding diaryl/α,β-unsaturated/α-hetero) is 1. The SMILES string of the molecule is CC(=O)N(C(C)=O)C1=C(C#N)C(c2ccc(C)cc2)C2=C(CC(C)(C)CC2=O)N1c1ccc(Br)cc1. The maximum Gasteiger partial charge on any atom is 0.231 e. The van der Waals surface area contributed by atoms with E-state index in [1.54, 1.807) is 4.90 Å². The van der Waals surface area contributed by atoms with Gasteiger partial charge in [-0.05, 0) is 48.6 Å². The molecule has 0 spiro atoms. The van der Waals surface area contributed by atoms with Gasteiger partial charge in [-0.3, -0.25) is 19.3 Å². The molecule has 2 aliphatic rings. The average Bonchev–Trinajstić information content (AvgIpc) is 2.78. The molecular formula is C29H28BrN3O3. The molecule has 0 fully saturated rings. The molecule has 2 aromatic rings. The highest BCUT2D eigenvalue weighted by molar-refractivity contribution is 9.10. The summed E-state index contributed by atoms with van der Waals surface area (Å²) in [4.78, 5) is 42.3. The molecule has 6 nitrogen and oxygen atoms in total. The number of aryl methyl sites for hydroxylation is 1. The Morgan fingerprint density at radius 2 is 1.61 bits per heavy atom. The van der Waals surface area contributed by atoms with E-state index in [1.807, 2.05) is 69.3 Å². The molecule has 1 heterocycles. The summed E-state index contributed by atoms with van der Waals surface area (Å²) in [5.74, 6) is -1.52. The lowest BCUT2D eigenvalue weighted by Gasteiger charge is -2.46. The number of allylic oxidation sites excluding steroid dienone is 3. The smallest absolute Gasteiger partial charge is 0.231 e. The van der Waals surface area contributed by atoms with Crippen LogP contribution in [0.15, 0.2) is 75.7 Å². The van der Waals surface area contributed by atoms with E-state index < -0.39 is 17.7 Å². The lowest BCUT2D eigenvalue weighted by Crippen LogP contribution is -2.47. The maximum atomic E-state index is 13.8. The van der Waals surface area contributed by atoms with Crippen LogP contribution in [0.3, 0.4) is 0 Å².